The van der Waals surface area contributed by atoms with Gasteiger partial charge in [-0.2, -0.15) is 0 Å². The van der Waals surface area contributed by atoms with Gasteiger partial charge in [0.1, 0.15) is 0 Å². The van der Waals surface area contributed by atoms with Crippen LogP contribution in [0.1, 0.15) is 96.5 Å². The van der Waals surface area contributed by atoms with Crippen molar-refractivity contribution in [1.82, 2.24) is 10.2 Å². The van der Waals surface area contributed by atoms with Gasteiger partial charge < -0.3 is 4.74 Å². The van der Waals surface area contributed by atoms with E-state index in [9.17, 15) is 8.78 Å². The van der Waals surface area contributed by atoms with E-state index >= 15 is 0 Å². The number of hydrogen-bond acceptors (Lipinski definition) is 3. The summed E-state index contributed by atoms with van der Waals surface area (Å²) < 4.78 is 35.2. The van der Waals surface area contributed by atoms with Crippen LogP contribution in [0.2, 0.25) is 0 Å². The van der Waals surface area contributed by atoms with E-state index in [-0.39, 0.29) is 5.56 Å². The molecule has 0 bridgehead atoms. The van der Waals surface area contributed by atoms with E-state index in [1.54, 1.807) is 24.3 Å². The predicted molar refractivity (Wildman–Crippen MR) is 130 cm³/mol. The maximum Gasteiger partial charge on any atom is 0.233 e. The lowest BCUT2D eigenvalue weighted by atomic mass is 9.77. The third-order valence-corrected chi connectivity index (χ3v) is 7.08. The summed E-state index contributed by atoms with van der Waals surface area (Å²) in [5.41, 5.74) is 0.930. The molecule has 0 atom stereocenters. The Morgan fingerprint density at radius 3 is 2.15 bits per heavy atom. The minimum atomic E-state index is -0.835. The van der Waals surface area contributed by atoms with E-state index in [0.29, 0.717) is 36.1 Å². The van der Waals surface area contributed by atoms with Gasteiger partial charge in [-0.05, 0) is 48.8 Å². The van der Waals surface area contributed by atoms with Gasteiger partial charge in [-0.3, -0.25) is 0 Å². The first-order valence-electron chi connectivity index (χ1n) is 13.1. The molecule has 0 aliphatic heterocycles. The van der Waals surface area contributed by atoms with Crippen molar-refractivity contribution >= 4 is 0 Å². The molecule has 1 saturated carbocycles. The van der Waals surface area contributed by atoms with E-state index in [1.807, 2.05) is 0 Å². The lowest BCUT2D eigenvalue weighted by molar-refractivity contribution is 0.248. The molecule has 1 heterocycles. The van der Waals surface area contributed by atoms with Gasteiger partial charge in [-0.1, -0.05) is 84.1 Å². The topological polar surface area (TPSA) is 35.0 Å². The maximum atomic E-state index is 14.8. The number of benzene rings is 1. The minimum Gasteiger partial charge on any atom is -0.477 e. The highest BCUT2D eigenvalue weighted by Gasteiger charge is 2.22. The smallest absolute Gasteiger partial charge is 0.233 e. The fraction of sp³-hybridized carbons (Fsp3) is 0.643. The van der Waals surface area contributed by atoms with Gasteiger partial charge in [0.2, 0.25) is 5.88 Å². The zero-order valence-corrected chi connectivity index (χ0v) is 20.4. The minimum absolute atomic E-state index is 0.147. The van der Waals surface area contributed by atoms with Gasteiger partial charge in [0.15, 0.2) is 11.6 Å². The Labute approximate surface area is 198 Å². The van der Waals surface area contributed by atoms with Crippen LogP contribution < -0.4 is 4.74 Å². The van der Waals surface area contributed by atoms with Crippen molar-refractivity contribution in [3.63, 3.8) is 0 Å². The molecule has 1 aliphatic carbocycles. The summed E-state index contributed by atoms with van der Waals surface area (Å²) in [5.74, 6) is 0.328. The number of hydrogen-bond donors (Lipinski definition) is 0. The molecule has 3 rings (SSSR count). The van der Waals surface area contributed by atoms with Crippen LogP contribution in [0.4, 0.5) is 8.78 Å². The molecule has 0 radical (unpaired) electrons. The standard InChI is InChI=1S/C28H40F2N2O/c1-3-5-7-9-21-10-12-22(13-11-21)14-15-23-16-17-24(28(30)27(23)29)25-18-19-26(32-31-25)33-20-8-6-4-2/h16-19,21-22H,3-15,20H2,1-2H3/t21-,22-. The summed E-state index contributed by atoms with van der Waals surface area (Å²) >= 11 is 0. The summed E-state index contributed by atoms with van der Waals surface area (Å²) in [6.45, 7) is 4.97. The van der Waals surface area contributed by atoms with Crippen LogP contribution in [-0.2, 0) is 6.42 Å². The first kappa shape index (κ1) is 25.6. The Morgan fingerprint density at radius 1 is 0.788 bits per heavy atom. The van der Waals surface area contributed by atoms with Gasteiger partial charge in [0.25, 0.3) is 0 Å². The normalized spacial score (nSPS) is 18.4. The van der Waals surface area contributed by atoms with Gasteiger partial charge in [-0.15, -0.1) is 10.2 Å². The van der Waals surface area contributed by atoms with E-state index in [1.165, 1.54) is 51.4 Å². The average Bonchev–Trinajstić information content (AvgIpc) is 2.84. The summed E-state index contributed by atoms with van der Waals surface area (Å²) in [5, 5.41) is 8.06. The fourth-order valence-corrected chi connectivity index (χ4v) is 4.90. The second-order valence-electron chi connectivity index (χ2n) is 9.63. The molecule has 33 heavy (non-hydrogen) atoms. The van der Waals surface area contributed by atoms with Crippen LogP contribution in [0, 0.1) is 23.5 Å². The van der Waals surface area contributed by atoms with E-state index in [4.69, 9.17) is 4.74 Å². The highest BCUT2D eigenvalue weighted by Crippen LogP contribution is 2.35. The molecular weight excluding hydrogens is 418 g/mol. The predicted octanol–water partition coefficient (Wildman–Crippen LogP) is 8.31. The molecular formula is C28H40F2N2O. The first-order valence-corrected chi connectivity index (χ1v) is 13.1. The van der Waals surface area contributed by atoms with Gasteiger partial charge >= 0.3 is 0 Å². The van der Waals surface area contributed by atoms with Crippen molar-refractivity contribution in [2.24, 2.45) is 11.8 Å². The molecule has 3 nitrogen and oxygen atoms in total. The Balaban J connectivity index is 1.51. The quantitative estimate of drug-likeness (QED) is 0.283. The second-order valence-corrected chi connectivity index (χ2v) is 9.63. The van der Waals surface area contributed by atoms with Crippen LogP contribution >= 0.6 is 0 Å². The summed E-state index contributed by atoms with van der Waals surface area (Å²) in [7, 11) is 0. The molecule has 0 N–H and O–H groups in total. The summed E-state index contributed by atoms with van der Waals surface area (Å²) in [6.07, 6.45) is 15.1. The Bertz CT molecular complexity index is 833. The Kier molecular flexibility index (Phi) is 10.6. The zero-order valence-electron chi connectivity index (χ0n) is 20.4. The van der Waals surface area contributed by atoms with Crippen LogP contribution in [0.3, 0.4) is 0 Å². The van der Waals surface area contributed by atoms with E-state index in [2.05, 4.69) is 24.0 Å². The molecule has 5 heteroatoms. The van der Waals surface area contributed by atoms with Crippen molar-refractivity contribution in [1.29, 1.82) is 0 Å². The van der Waals surface area contributed by atoms with Gasteiger partial charge in [-0.25, -0.2) is 8.78 Å². The highest BCUT2D eigenvalue weighted by atomic mass is 19.2. The summed E-state index contributed by atoms with van der Waals surface area (Å²) in [6, 6.07) is 6.64. The molecule has 1 aliphatic rings. The molecule has 1 aromatic heterocycles. The number of nitrogens with zero attached hydrogens (tertiary/aromatic N) is 2. The van der Waals surface area contributed by atoms with Crippen LogP contribution in [0.15, 0.2) is 24.3 Å². The number of rotatable bonds is 13. The van der Waals surface area contributed by atoms with Gasteiger partial charge in [0.05, 0.1) is 12.3 Å². The highest BCUT2D eigenvalue weighted by molar-refractivity contribution is 5.60. The molecule has 0 spiro atoms. The average molecular weight is 459 g/mol. The molecule has 1 aromatic carbocycles. The third kappa shape index (κ3) is 7.75. The summed E-state index contributed by atoms with van der Waals surface area (Å²) in [4.78, 5) is 0. The number of halogens is 2. The molecule has 0 amide bonds. The van der Waals surface area contributed by atoms with E-state index in [0.717, 1.165) is 31.6 Å². The molecule has 0 saturated heterocycles. The fourth-order valence-electron chi connectivity index (χ4n) is 4.90. The van der Waals surface area contributed by atoms with Crippen molar-refractivity contribution in [2.45, 2.75) is 97.3 Å². The van der Waals surface area contributed by atoms with Crippen molar-refractivity contribution in [3.8, 4) is 17.1 Å². The van der Waals surface area contributed by atoms with Crippen LogP contribution in [-0.4, -0.2) is 16.8 Å². The van der Waals surface area contributed by atoms with Crippen molar-refractivity contribution < 1.29 is 13.5 Å². The number of ether oxygens (including phenoxy) is 1. The lowest BCUT2D eigenvalue weighted by Crippen LogP contribution is -2.15. The van der Waals surface area contributed by atoms with Crippen LogP contribution in [0.5, 0.6) is 5.88 Å². The number of aryl methyl sites for hydroxylation is 1. The SMILES string of the molecule is CCCCCOc1ccc(-c2ccc(CC[C@H]3CC[C@H](CCCCC)CC3)c(F)c2F)nn1. The largest absolute Gasteiger partial charge is 0.477 e. The molecule has 0 unspecified atom stereocenters. The zero-order chi connectivity index (χ0) is 23.5. The third-order valence-electron chi connectivity index (χ3n) is 7.08. The lowest BCUT2D eigenvalue weighted by Gasteiger charge is -2.28. The van der Waals surface area contributed by atoms with Crippen molar-refractivity contribution in [3.05, 3.63) is 41.5 Å². The monoisotopic (exact) mass is 458 g/mol. The molecule has 182 valence electrons. The number of unbranched alkanes of at least 4 members (excludes halogenated alkanes) is 4. The second kappa shape index (κ2) is 13.6. The molecule has 2 aromatic rings. The maximum absolute atomic E-state index is 14.8. The molecule has 1 fully saturated rings. The first-order chi connectivity index (χ1) is 16.1. The van der Waals surface area contributed by atoms with Gasteiger partial charge in [0, 0.05) is 11.6 Å². The van der Waals surface area contributed by atoms with Crippen LogP contribution in [0.25, 0.3) is 11.3 Å². The Morgan fingerprint density at radius 2 is 1.48 bits per heavy atom. The van der Waals surface area contributed by atoms with E-state index < -0.39 is 11.6 Å². The number of aromatic nitrogens is 2. The Hall–Kier alpha value is -2.04. The van der Waals surface area contributed by atoms with Crippen molar-refractivity contribution in [2.75, 3.05) is 6.61 Å².